The van der Waals surface area contributed by atoms with E-state index in [0.29, 0.717) is 11.7 Å². The lowest BCUT2D eigenvalue weighted by atomic mass is 9.71. The summed E-state index contributed by atoms with van der Waals surface area (Å²) in [5, 5.41) is 7.45. The molecule has 4 heterocycles. The van der Waals surface area contributed by atoms with Gasteiger partial charge >= 0.3 is 0 Å². The monoisotopic (exact) mass is 433 g/mol. The second kappa shape index (κ2) is 7.78. The maximum atomic E-state index is 5.63. The van der Waals surface area contributed by atoms with E-state index in [1.165, 1.54) is 5.56 Å². The molecule has 0 radical (unpaired) electrons. The van der Waals surface area contributed by atoms with Crippen LogP contribution in [0.5, 0.6) is 5.75 Å². The van der Waals surface area contributed by atoms with E-state index in [2.05, 4.69) is 69.4 Å². The van der Waals surface area contributed by atoms with E-state index < -0.39 is 0 Å². The Bertz CT molecular complexity index is 1080. The molecule has 2 aromatic heterocycles. The summed E-state index contributed by atoms with van der Waals surface area (Å²) in [6.07, 6.45) is 5.41. The molecule has 0 bridgehead atoms. The Morgan fingerprint density at radius 1 is 1.03 bits per heavy atom. The highest BCUT2D eigenvalue weighted by Gasteiger charge is 2.57. The first-order chi connectivity index (χ1) is 15.4. The lowest BCUT2D eigenvalue weighted by Gasteiger charge is -2.30. The first-order valence-electron chi connectivity index (χ1n) is 11.1. The first kappa shape index (κ1) is 20.8. The van der Waals surface area contributed by atoms with Crippen LogP contribution in [0.3, 0.4) is 0 Å². The molecule has 3 aromatic rings. The summed E-state index contributed by atoms with van der Waals surface area (Å²) in [4.78, 5) is 14.2. The van der Waals surface area contributed by atoms with Crippen molar-refractivity contribution in [1.29, 1.82) is 0 Å². The number of nitrogens with one attached hydrogen (secondary N) is 1. The second-order valence-corrected chi connectivity index (χ2v) is 9.72. The number of hydrogen-bond acceptors (Lipinski definition) is 7. The van der Waals surface area contributed by atoms with Gasteiger partial charge in [-0.15, -0.1) is 0 Å². The zero-order valence-electron chi connectivity index (χ0n) is 19.2. The Morgan fingerprint density at radius 3 is 2.38 bits per heavy atom. The molecule has 1 N–H and O–H groups in total. The third-order valence-electron chi connectivity index (χ3n) is 7.15. The maximum absolute atomic E-state index is 5.63. The normalized spacial score (nSPS) is 25.2. The van der Waals surface area contributed by atoms with E-state index in [0.717, 1.165) is 44.2 Å². The number of likely N-dealkylation sites (tertiary alicyclic amines) is 1. The highest BCUT2D eigenvalue weighted by molar-refractivity contribution is 5.59. The summed E-state index contributed by atoms with van der Waals surface area (Å²) >= 11 is 0. The average molecular weight is 434 g/mol. The van der Waals surface area contributed by atoms with Crippen LogP contribution in [0, 0.1) is 10.8 Å². The van der Waals surface area contributed by atoms with Crippen molar-refractivity contribution in [2.45, 2.75) is 20.4 Å². The van der Waals surface area contributed by atoms with E-state index in [-0.39, 0.29) is 10.8 Å². The fourth-order valence-electron chi connectivity index (χ4n) is 5.32. The number of benzene rings is 1. The van der Waals surface area contributed by atoms with E-state index in [9.17, 15) is 0 Å². The number of aryl methyl sites for hydroxylation is 1. The van der Waals surface area contributed by atoms with Crippen molar-refractivity contribution < 1.29 is 4.74 Å². The number of aromatic nitrogens is 4. The molecule has 0 spiro atoms. The van der Waals surface area contributed by atoms with Crippen molar-refractivity contribution in [3.05, 3.63) is 54.5 Å². The van der Waals surface area contributed by atoms with E-state index in [4.69, 9.17) is 9.72 Å². The summed E-state index contributed by atoms with van der Waals surface area (Å²) in [6.45, 7) is 9.86. The van der Waals surface area contributed by atoms with Gasteiger partial charge < -0.3 is 15.0 Å². The van der Waals surface area contributed by atoms with Crippen molar-refractivity contribution in [1.82, 2.24) is 24.6 Å². The standard InChI is InChI=1S/C24H31N7O/c1-23-14-30(12-18-8-6-5-7-9-18)15-24(23,2)17-31(16-23)21-20(32-4)11-25-22(28-21)27-19-10-26-29(3)13-19/h5-11,13H,12,14-17H2,1-4H3,(H,25,27,28)/t23-,24+. The number of nitrogens with zero attached hydrogens (tertiary/aromatic N) is 6. The predicted molar refractivity (Wildman–Crippen MR) is 125 cm³/mol. The number of anilines is 3. The van der Waals surface area contributed by atoms with Gasteiger partial charge in [-0.05, 0) is 5.56 Å². The molecule has 5 rings (SSSR count). The number of ether oxygens (including phenoxy) is 1. The van der Waals surface area contributed by atoms with Gasteiger partial charge in [0.2, 0.25) is 5.95 Å². The topological polar surface area (TPSA) is 71.3 Å². The molecule has 0 unspecified atom stereocenters. The molecule has 0 aliphatic carbocycles. The Hall–Kier alpha value is -3.13. The quantitative estimate of drug-likeness (QED) is 0.639. The van der Waals surface area contributed by atoms with Gasteiger partial charge in [-0.1, -0.05) is 44.2 Å². The summed E-state index contributed by atoms with van der Waals surface area (Å²) in [6, 6.07) is 10.8. The maximum Gasteiger partial charge on any atom is 0.229 e. The van der Waals surface area contributed by atoms with Crippen molar-refractivity contribution >= 4 is 17.5 Å². The SMILES string of the molecule is COc1cnc(Nc2cnn(C)c2)nc1N1C[C@]2(C)CN(Cc3ccccc3)C[C@]2(C)C1. The van der Waals surface area contributed by atoms with Crippen LogP contribution in [0.15, 0.2) is 48.9 Å². The summed E-state index contributed by atoms with van der Waals surface area (Å²) in [5.41, 5.74) is 2.58. The van der Waals surface area contributed by atoms with Crippen LogP contribution in [0.4, 0.5) is 17.5 Å². The van der Waals surface area contributed by atoms with Gasteiger partial charge in [-0.2, -0.15) is 10.1 Å². The zero-order valence-corrected chi connectivity index (χ0v) is 19.2. The fourth-order valence-corrected chi connectivity index (χ4v) is 5.32. The highest BCUT2D eigenvalue weighted by atomic mass is 16.5. The minimum atomic E-state index is 0.175. The number of rotatable bonds is 6. The summed E-state index contributed by atoms with van der Waals surface area (Å²) < 4.78 is 7.38. The smallest absolute Gasteiger partial charge is 0.229 e. The molecule has 168 valence electrons. The largest absolute Gasteiger partial charge is 0.491 e. The van der Waals surface area contributed by atoms with Gasteiger partial charge in [0.05, 0.1) is 25.2 Å². The number of methoxy groups -OCH3 is 1. The van der Waals surface area contributed by atoms with Crippen molar-refractivity contribution in [3.8, 4) is 5.75 Å². The Balaban J connectivity index is 1.35. The van der Waals surface area contributed by atoms with Gasteiger partial charge in [0.15, 0.2) is 11.6 Å². The van der Waals surface area contributed by atoms with Crippen LogP contribution in [-0.2, 0) is 13.6 Å². The van der Waals surface area contributed by atoms with Crippen molar-refractivity contribution in [3.63, 3.8) is 0 Å². The van der Waals surface area contributed by atoms with Crippen LogP contribution < -0.4 is 15.0 Å². The molecule has 2 aliphatic rings. The molecule has 1 aromatic carbocycles. The molecular formula is C24H31N7O. The van der Waals surface area contributed by atoms with Crippen molar-refractivity contribution in [2.24, 2.45) is 17.9 Å². The molecule has 2 saturated heterocycles. The molecule has 2 atom stereocenters. The van der Waals surface area contributed by atoms with Crippen molar-refractivity contribution in [2.75, 3.05) is 43.5 Å². The molecular weight excluding hydrogens is 402 g/mol. The van der Waals surface area contributed by atoms with Gasteiger partial charge in [0.1, 0.15) is 0 Å². The van der Waals surface area contributed by atoms with Crippen LogP contribution in [-0.4, -0.2) is 57.9 Å². The Kier molecular flexibility index (Phi) is 5.04. The van der Waals surface area contributed by atoms with E-state index in [1.807, 2.05) is 13.2 Å². The Labute approximate surface area is 189 Å². The minimum absolute atomic E-state index is 0.175. The molecule has 8 nitrogen and oxygen atoms in total. The lowest BCUT2D eigenvalue weighted by Crippen LogP contribution is -2.34. The molecule has 0 amide bonds. The zero-order chi connectivity index (χ0) is 22.3. The highest BCUT2D eigenvalue weighted by Crippen LogP contribution is 2.53. The third kappa shape index (κ3) is 3.68. The van der Waals surface area contributed by atoms with Gasteiger partial charge in [0, 0.05) is 56.8 Å². The Morgan fingerprint density at radius 2 is 1.75 bits per heavy atom. The number of fused-ring (bicyclic) bond motifs is 1. The fraction of sp³-hybridized carbons (Fsp3) is 0.458. The third-order valence-corrected chi connectivity index (χ3v) is 7.15. The molecule has 0 saturated carbocycles. The van der Waals surface area contributed by atoms with E-state index >= 15 is 0 Å². The van der Waals surface area contributed by atoms with Crippen LogP contribution in [0.1, 0.15) is 19.4 Å². The second-order valence-electron chi connectivity index (χ2n) is 9.72. The molecule has 2 fully saturated rings. The predicted octanol–water partition coefficient (Wildman–Crippen LogP) is 3.31. The van der Waals surface area contributed by atoms with E-state index in [1.54, 1.807) is 24.2 Å². The molecule has 2 aliphatic heterocycles. The van der Waals surface area contributed by atoms with Crippen LogP contribution in [0.25, 0.3) is 0 Å². The van der Waals surface area contributed by atoms with Crippen LogP contribution >= 0.6 is 0 Å². The molecule has 32 heavy (non-hydrogen) atoms. The first-order valence-corrected chi connectivity index (χ1v) is 11.1. The number of hydrogen-bond donors (Lipinski definition) is 1. The van der Waals surface area contributed by atoms with Gasteiger partial charge in [-0.3, -0.25) is 9.58 Å². The summed E-state index contributed by atoms with van der Waals surface area (Å²) in [7, 11) is 3.56. The average Bonchev–Trinajstić information content (AvgIpc) is 3.35. The van der Waals surface area contributed by atoms with Gasteiger partial charge in [-0.25, -0.2) is 4.98 Å². The van der Waals surface area contributed by atoms with Gasteiger partial charge in [0.25, 0.3) is 0 Å². The van der Waals surface area contributed by atoms with Crippen LogP contribution in [0.2, 0.25) is 0 Å². The minimum Gasteiger partial charge on any atom is -0.491 e. The molecule has 8 heteroatoms. The summed E-state index contributed by atoms with van der Waals surface area (Å²) in [5.74, 6) is 2.10. The lowest BCUT2D eigenvalue weighted by molar-refractivity contribution is 0.212.